The van der Waals surface area contributed by atoms with Gasteiger partial charge >= 0.3 is 0 Å². The molecule has 1 aromatic heterocycles. The molecule has 2 heterocycles. The Labute approximate surface area is 171 Å². The van der Waals surface area contributed by atoms with Crippen LogP contribution in [-0.4, -0.2) is 42.9 Å². The number of carbonyl (C=O) groups is 1. The van der Waals surface area contributed by atoms with Gasteiger partial charge in [0.25, 0.3) is 5.91 Å². The maximum atomic E-state index is 14.6. The van der Waals surface area contributed by atoms with E-state index in [0.29, 0.717) is 18.7 Å². The molecule has 2 aromatic carbocycles. The third-order valence-corrected chi connectivity index (χ3v) is 5.40. The molecule has 1 fully saturated rings. The molecule has 1 amide bonds. The van der Waals surface area contributed by atoms with Gasteiger partial charge in [-0.3, -0.25) is 4.79 Å². The van der Waals surface area contributed by atoms with Crippen LogP contribution in [0.2, 0.25) is 0 Å². The van der Waals surface area contributed by atoms with Crippen LogP contribution >= 0.6 is 0 Å². The van der Waals surface area contributed by atoms with Gasteiger partial charge in [-0.2, -0.15) is 0 Å². The first-order valence-electron chi connectivity index (χ1n) is 9.73. The van der Waals surface area contributed by atoms with Crippen LogP contribution in [0.5, 0.6) is 5.75 Å². The molecule has 158 valence electrons. The Morgan fingerprint density at radius 3 is 2.63 bits per heavy atom. The number of nitrogens with one attached hydrogen (secondary N) is 2. The minimum absolute atomic E-state index is 0.00178. The van der Waals surface area contributed by atoms with Gasteiger partial charge in [0.15, 0.2) is 0 Å². The van der Waals surface area contributed by atoms with Gasteiger partial charge in [0.05, 0.1) is 29.6 Å². The van der Waals surface area contributed by atoms with Gasteiger partial charge in [-0.05, 0) is 42.8 Å². The van der Waals surface area contributed by atoms with Gasteiger partial charge in [-0.1, -0.05) is 12.1 Å². The molecule has 30 heavy (non-hydrogen) atoms. The van der Waals surface area contributed by atoms with E-state index in [-0.39, 0.29) is 29.6 Å². The molecule has 1 aliphatic rings. The Kier molecular flexibility index (Phi) is 5.67. The standard InChI is InChI=1S/C22H22F3N3O2/c1-30-14-4-2-13(3-5-14)11-28-12-15(20-16(23)6-7-17(24)21(20)28)22(29)27-19-8-9-26-10-18(19)25/h2-7,12,18-19,26H,8-11H2,1H3,(H,27,29)/t18-,19+/m1/s1. The summed E-state index contributed by atoms with van der Waals surface area (Å²) in [5.41, 5.74) is 0.810. The van der Waals surface area contributed by atoms with Crippen molar-refractivity contribution in [2.24, 2.45) is 0 Å². The number of nitrogens with zero attached hydrogens (tertiary/aromatic N) is 1. The molecular formula is C22H22F3N3O2. The smallest absolute Gasteiger partial charge is 0.253 e. The highest BCUT2D eigenvalue weighted by molar-refractivity contribution is 6.07. The summed E-state index contributed by atoms with van der Waals surface area (Å²) in [6.45, 7) is 0.952. The molecule has 3 aromatic rings. The molecule has 0 saturated carbocycles. The highest BCUT2D eigenvalue weighted by Crippen LogP contribution is 2.28. The molecule has 0 unspecified atom stereocenters. The number of halogens is 3. The summed E-state index contributed by atoms with van der Waals surface area (Å²) < 4.78 is 50.0. The summed E-state index contributed by atoms with van der Waals surface area (Å²) in [5.74, 6) is -1.28. The molecule has 0 bridgehead atoms. The second kappa shape index (κ2) is 8.39. The van der Waals surface area contributed by atoms with Crippen molar-refractivity contribution in [1.29, 1.82) is 0 Å². The third-order valence-electron chi connectivity index (χ3n) is 5.40. The Hall–Kier alpha value is -3.00. The summed E-state index contributed by atoms with van der Waals surface area (Å²) in [6, 6.07) is 8.52. The molecule has 1 saturated heterocycles. The van der Waals surface area contributed by atoms with E-state index in [1.165, 1.54) is 10.8 Å². The van der Waals surface area contributed by atoms with E-state index in [1.807, 2.05) is 12.1 Å². The zero-order valence-electron chi connectivity index (χ0n) is 16.4. The topological polar surface area (TPSA) is 55.3 Å². The molecular weight excluding hydrogens is 395 g/mol. The number of methoxy groups -OCH3 is 1. The second-order valence-corrected chi connectivity index (χ2v) is 7.36. The number of amides is 1. The van der Waals surface area contributed by atoms with Crippen molar-refractivity contribution >= 4 is 16.8 Å². The third kappa shape index (κ3) is 3.87. The molecule has 5 nitrogen and oxygen atoms in total. The average molecular weight is 417 g/mol. The van der Waals surface area contributed by atoms with Crippen molar-refractivity contribution < 1.29 is 22.7 Å². The number of aromatic nitrogens is 1. The first-order chi connectivity index (χ1) is 14.5. The number of fused-ring (bicyclic) bond motifs is 1. The Morgan fingerprint density at radius 2 is 1.93 bits per heavy atom. The maximum absolute atomic E-state index is 14.6. The maximum Gasteiger partial charge on any atom is 0.253 e. The number of benzene rings is 2. The highest BCUT2D eigenvalue weighted by atomic mass is 19.1. The zero-order valence-corrected chi connectivity index (χ0v) is 16.4. The lowest BCUT2D eigenvalue weighted by molar-refractivity contribution is 0.0893. The van der Waals surface area contributed by atoms with Gasteiger partial charge in [0.1, 0.15) is 23.6 Å². The van der Waals surface area contributed by atoms with E-state index >= 15 is 0 Å². The van der Waals surface area contributed by atoms with Crippen molar-refractivity contribution in [3.05, 3.63) is 65.4 Å². The van der Waals surface area contributed by atoms with Crippen LogP contribution in [0, 0.1) is 11.6 Å². The summed E-state index contributed by atoms with van der Waals surface area (Å²) in [7, 11) is 1.56. The number of carbonyl (C=O) groups excluding carboxylic acids is 1. The van der Waals surface area contributed by atoms with Crippen molar-refractivity contribution in [2.75, 3.05) is 20.2 Å². The van der Waals surface area contributed by atoms with E-state index in [1.54, 1.807) is 19.2 Å². The number of ether oxygens (including phenoxy) is 1. The van der Waals surface area contributed by atoms with Crippen molar-refractivity contribution in [3.8, 4) is 5.75 Å². The lowest BCUT2D eigenvalue weighted by Gasteiger charge is -2.27. The van der Waals surface area contributed by atoms with E-state index in [4.69, 9.17) is 4.74 Å². The van der Waals surface area contributed by atoms with Crippen molar-refractivity contribution in [3.63, 3.8) is 0 Å². The summed E-state index contributed by atoms with van der Waals surface area (Å²) in [6.07, 6.45) is 0.607. The van der Waals surface area contributed by atoms with Crippen LogP contribution < -0.4 is 15.4 Å². The SMILES string of the molecule is COc1ccc(Cn2cc(C(=O)N[C@H]3CCNC[C@H]3F)c3c(F)ccc(F)c32)cc1. The molecule has 1 aliphatic heterocycles. The van der Waals surface area contributed by atoms with Gasteiger partial charge in [-0.15, -0.1) is 0 Å². The Morgan fingerprint density at radius 1 is 1.20 bits per heavy atom. The lowest BCUT2D eigenvalue weighted by Crippen LogP contribution is -2.50. The van der Waals surface area contributed by atoms with E-state index in [2.05, 4.69) is 10.6 Å². The predicted octanol–water partition coefficient (Wildman–Crippen LogP) is 3.41. The fraction of sp³-hybridized carbons (Fsp3) is 0.318. The molecule has 0 aliphatic carbocycles. The molecule has 0 spiro atoms. The Bertz CT molecular complexity index is 1070. The van der Waals surface area contributed by atoms with Crippen molar-refractivity contribution in [2.45, 2.75) is 25.2 Å². The van der Waals surface area contributed by atoms with Gasteiger partial charge < -0.3 is 19.9 Å². The van der Waals surface area contributed by atoms with Crippen LogP contribution in [0.1, 0.15) is 22.3 Å². The first-order valence-corrected chi connectivity index (χ1v) is 9.73. The van der Waals surface area contributed by atoms with Gasteiger partial charge in [-0.25, -0.2) is 13.2 Å². The Balaban J connectivity index is 1.71. The number of piperidine rings is 1. The van der Waals surface area contributed by atoms with Gasteiger partial charge in [0.2, 0.25) is 0 Å². The quantitative estimate of drug-likeness (QED) is 0.669. The van der Waals surface area contributed by atoms with Crippen molar-refractivity contribution in [1.82, 2.24) is 15.2 Å². The molecule has 2 N–H and O–H groups in total. The zero-order chi connectivity index (χ0) is 21.3. The minimum atomic E-state index is -1.24. The van der Waals surface area contributed by atoms with Gasteiger partial charge in [0, 0.05) is 19.3 Å². The summed E-state index contributed by atoms with van der Waals surface area (Å²) >= 11 is 0. The monoisotopic (exact) mass is 417 g/mol. The highest BCUT2D eigenvalue weighted by Gasteiger charge is 2.28. The van der Waals surface area contributed by atoms with E-state index in [0.717, 1.165) is 17.7 Å². The number of hydrogen-bond donors (Lipinski definition) is 2. The lowest BCUT2D eigenvalue weighted by atomic mass is 10.0. The second-order valence-electron chi connectivity index (χ2n) is 7.36. The molecule has 0 radical (unpaired) electrons. The van der Waals surface area contributed by atoms with E-state index < -0.39 is 29.8 Å². The summed E-state index contributed by atoms with van der Waals surface area (Å²) in [5, 5.41) is 5.45. The molecule has 2 atom stereocenters. The molecule has 4 rings (SSSR count). The van der Waals surface area contributed by atoms with Crippen LogP contribution in [0.4, 0.5) is 13.2 Å². The number of alkyl halides is 1. The summed E-state index contributed by atoms with van der Waals surface area (Å²) in [4.78, 5) is 12.9. The molecule has 8 heteroatoms. The van der Waals surface area contributed by atoms with Crippen LogP contribution in [0.25, 0.3) is 10.9 Å². The predicted molar refractivity (Wildman–Crippen MR) is 108 cm³/mol. The number of rotatable bonds is 5. The normalized spacial score (nSPS) is 19.1. The largest absolute Gasteiger partial charge is 0.497 e. The average Bonchev–Trinajstić information content (AvgIpc) is 3.13. The fourth-order valence-electron chi connectivity index (χ4n) is 3.82. The van der Waals surface area contributed by atoms with Crippen LogP contribution in [0.15, 0.2) is 42.6 Å². The van der Waals surface area contributed by atoms with Crippen LogP contribution in [0.3, 0.4) is 0 Å². The fourth-order valence-corrected chi connectivity index (χ4v) is 3.82. The number of hydrogen-bond acceptors (Lipinski definition) is 3. The minimum Gasteiger partial charge on any atom is -0.497 e. The van der Waals surface area contributed by atoms with E-state index in [9.17, 15) is 18.0 Å². The first kappa shape index (κ1) is 20.3. The van der Waals surface area contributed by atoms with Crippen LogP contribution in [-0.2, 0) is 6.54 Å².